The summed E-state index contributed by atoms with van der Waals surface area (Å²) in [6.07, 6.45) is 0.397. The van der Waals surface area contributed by atoms with Crippen LogP contribution < -0.4 is 10.1 Å². The van der Waals surface area contributed by atoms with Crippen molar-refractivity contribution in [2.45, 2.75) is 32.1 Å². The molecule has 3 aromatic carbocycles. The third-order valence-corrected chi connectivity index (χ3v) is 4.67. The molecular formula is C24H27NO2. The fraction of sp³-hybridized carbons (Fsp3) is 0.250. The number of nitrogens with one attached hydrogen (secondary N) is 1. The summed E-state index contributed by atoms with van der Waals surface area (Å²) in [7, 11) is 0. The molecule has 3 nitrogen and oxygen atoms in total. The van der Waals surface area contributed by atoms with E-state index in [-0.39, 0.29) is 6.04 Å². The Kier molecular flexibility index (Phi) is 7.03. The smallest absolute Gasteiger partial charge is 0.119 e. The highest BCUT2D eigenvalue weighted by Gasteiger charge is 2.15. The Bertz CT molecular complexity index is 788. The molecule has 3 heteroatoms. The van der Waals surface area contributed by atoms with Gasteiger partial charge in [0.25, 0.3) is 0 Å². The molecule has 0 fully saturated rings. The number of hydrogen-bond donors (Lipinski definition) is 2. The van der Waals surface area contributed by atoms with Crippen molar-refractivity contribution < 1.29 is 9.84 Å². The Balaban J connectivity index is 1.46. The molecule has 140 valence electrons. The largest absolute Gasteiger partial charge is 0.489 e. The first-order chi connectivity index (χ1) is 13.2. The van der Waals surface area contributed by atoms with Gasteiger partial charge >= 0.3 is 0 Å². The van der Waals surface area contributed by atoms with Crippen molar-refractivity contribution in [2.24, 2.45) is 0 Å². The van der Waals surface area contributed by atoms with Crippen LogP contribution in [-0.4, -0.2) is 17.7 Å². The first kappa shape index (κ1) is 19.2. The summed E-state index contributed by atoms with van der Waals surface area (Å²) in [4.78, 5) is 0. The summed E-state index contributed by atoms with van der Waals surface area (Å²) in [6.45, 7) is 3.39. The zero-order chi connectivity index (χ0) is 18.9. The van der Waals surface area contributed by atoms with Crippen molar-refractivity contribution in [1.29, 1.82) is 0 Å². The molecule has 2 atom stereocenters. The van der Waals surface area contributed by atoms with Crippen LogP contribution in [0.5, 0.6) is 5.75 Å². The van der Waals surface area contributed by atoms with Crippen molar-refractivity contribution in [3.05, 3.63) is 102 Å². The van der Waals surface area contributed by atoms with E-state index in [1.165, 1.54) is 5.56 Å². The first-order valence-electron chi connectivity index (χ1n) is 9.44. The Labute approximate surface area is 161 Å². The van der Waals surface area contributed by atoms with E-state index in [0.717, 1.165) is 29.8 Å². The summed E-state index contributed by atoms with van der Waals surface area (Å²) in [6, 6.07) is 28.1. The van der Waals surface area contributed by atoms with E-state index >= 15 is 0 Å². The Hall–Kier alpha value is -2.62. The molecule has 0 saturated carbocycles. The van der Waals surface area contributed by atoms with Crippen molar-refractivity contribution >= 4 is 0 Å². The zero-order valence-corrected chi connectivity index (χ0v) is 15.7. The summed E-state index contributed by atoms with van der Waals surface area (Å²) in [5.74, 6) is 0.805. The minimum absolute atomic E-state index is 0.0233. The number of ether oxygens (including phenoxy) is 1. The lowest BCUT2D eigenvalue weighted by Gasteiger charge is -2.21. The maximum absolute atomic E-state index is 10.6. The van der Waals surface area contributed by atoms with Gasteiger partial charge in [-0.3, -0.25) is 0 Å². The number of aliphatic hydroxyl groups is 1. The van der Waals surface area contributed by atoms with Crippen molar-refractivity contribution in [2.75, 3.05) is 6.54 Å². The molecule has 27 heavy (non-hydrogen) atoms. The summed E-state index contributed by atoms with van der Waals surface area (Å²) < 4.78 is 5.80. The van der Waals surface area contributed by atoms with Gasteiger partial charge in [0.15, 0.2) is 0 Å². The maximum Gasteiger partial charge on any atom is 0.119 e. The highest BCUT2D eigenvalue weighted by atomic mass is 16.5. The van der Waals surface area contributed by atoms with Gasteiger partial charge in [-0.25, -0.2) is 0 Å². The molecule has 0 unspecified atom stereocenters. The van der Waals surface area contributed by atoms with Gasteiger partial charge in [-0.15, -0.1) is 0 Å². The molecule has 3 rings (SSSR count). The molecule has 0 aliphatic rings. The van der Waals surface area contributed by atoms with Gasteiger partial charge in [0.2, 0.25) is 0 Å². The van der Waals surface area contributed by atoms with Crippen molar-refractivity contribution in [1.82, 2.24) is 5.32 Å². The Morgan fingerprint density at radius 3 is 2.04 bits per heavy atom. The van der Waals surface area contributed by atoms with Gasteiger partial charge < -0.3 is 15.2 Å². The molecule has 2 N–H and O–H groups in total. The van der Waals surface area contributed by atoms with Crippen LogP contribution in [0.25, 0.3) is 0 Å². The molecule has 0 spiro atoms. The maximum atomic E-state index is 10.6. The Morgan fingerprint density at radius 1 is 0.815 bits per heavy atom. The van der Waals surface area contributed by atoms with E-state index in [1.807, 2.05) is 67.6 Å². The van der Waals surface area contributed by atoms with E-state index in [9.17, 15) is 5.11 Å². The number of rotatable bonds is 9. The minimum Gasteiger partial charge on any atom is -0.489 e. The van der Waals surface area contributed by atoms with Crippen LogP contribution in [0, 0.1) is 0 Å². The fourth-order valence-corrected chi connectivity index (χ4v) is 2.99. The molecule has 3 aromatic rings. The molecule has 0 aliphatic heterocycles. The molecule has 0 amide bonds. The topological polar surface area (TPSA) is 41.5 Å². The molecule has 0 heterocycles. The number of benzene rings is 3. The van der Waals surface area contributed by atoms with Gasteiger partial charge in [-0.2, -0.15) is 0 Å². The van der Waals surface area contributed by atoms with Crippen LogP contribution in [0.1, 0.15) is 29.7 Å². The lowest BCUT2D eigenvalue weighted by Crippen LogP contribution is -2.33. The quantitative estimate of drug-likeness (QED) is 0.589. The first-order valence-corrected chi connectivity index (χ1v) is 9.44. The third-order valence-electron chi connectivity index (χ3n) is 4.67. The van der Waals surface area contributed by atoms with E-state index in [0.29, 0.717) is 6.61 Å². The standard InChI is InChI=1S/C24H27NO2/c1-19(25-17-16-20-8-4-2-5-9-20)24(26)22-12-14-23(15-13-22)27-18-21-10-6-3-7-11-21/h2-15,19,24-26H,16-18H2,1H3/t19-,24+/m1/s1. The van der Waals surface area contributed by atoms with Crippen LogP contribution >= 0.6 is 0 Å². The summed E-state index contributed by atoms with van der Waals surface area (Å²) in [5.41, 5.74) is 3.33. The molecule has 0 aromatic heterocycles. The van der Waals surface area contributed by atoms with Crippen LogP contribution in [0.2, 0.25) is 0 Å². The predicted molar refractivity (Wildman–Crippen MR) is 110 cm³/mol. The molecule has 0 bridgehead atoms. The van der Waals surface area contributed by atoms with E-state index in [4.69, 9.17) is 4.74 Å². The van der Waals surface area contributed by atoms with Gasteiger partial charge in [0.05, 0.1) is 6.10 Å². The van der Waals surface area contributed by atoms with Crippen LogP contribution in [0.3, 0.4) is 0 Å². The number of hydrogen-bond acceptors (Lipinski definition) is 3. The van der Waals surface area contributed by atoms with Gasteiger partial charge in [0, 0.05) is 6.04 Å². The highest BCUT2D eigenvalue weighted by Crippen LogP contribution is 2.21. The van der Waals surface area contributed by atoms with Crippen LogP contribution in [0.15, 0.2) is 84.9 Å². The zero-order valence-electron chi connectivity index (χ0n) is 15.7. The molecule has 0 saturated heterocycles. The number of aliphatic hydroxyl groups excluding tert-OH is 1. The molecular weight excluding hydrogens is 334 g/mol. The second kappa shape index (κ2) is 9.91. The fourth-order valence-electron chi connectivity index (χ4n) is 2.99. The minimum atomic E-state index is -0.552. The molecule has 0 radical (unpaired) electrons. The highest BCUT2D eigenvalue weighted by molar-refractivity contribution is 5.29. The Morgan fingerprint density at radius 2 is 1.41 bits per heavy atom. The normalized spacial score (nSPS) is 13.1. The molecule has 0 aliphatic carbocycles. The van der Waals surface area contributed by atoms with Crippen LogP contribution in [-0.2, 0) is 13.0 Å². The second-order valence-corrected chi connectivity index (χ2v) is 6.77. The van der Waals surface area contributed by atoms with E-state index < -0.39 is 6.10 Å². The predicted octanol–water partition coefficient (Wildman–Crippen LogP) is 4.52. The van der Waals surface area contributed by atoms with E-state index in [2.05, 4.69) is 29.6 Å². The average Bonchev–Trinajstić information content (AvgIpc) is 2.73. The average molecular weight is 361 g/mol. The SMILES string of the molecule is C[C@@H](NCCc1ccccc1)[C@H](O)c1ccc(OCc2ccccc2)cc1. The van der Waals surface area contributed by atoms with Crippen molar-refractivity contribution in [3.8, 4) is 5.75 Å². The lowest BCUT2D eigenvalue weighted by molar-refractivity contribution is 0.136. The van der Waals surface area contributed by atoms with E-state index in [1.54, 1.807) is 0 Å². The van der Waals surface area contributed by atoms with Crippen molar-refractivity contribution in [3.63, 3.8) is 0 Å². The summed E-state index contributed by atoms with van der Waals surface area (Å²) in [5, 5.41) is 14.0. The lowest BCUT2D eigenvalue weighted by atomic mass is 10.0. The van der Waals surface area contributed by atoms with Gasteiger partial charge in [-0.1, -0.05) is 72.8 Å². The third kappa shape index (κ3) is 5.95. The second-order valence-electron chi connectivity index (χ2n) is 6.77. The van der Waals surface area contributed by atoms with Gasteiger partial charge in [-0.05, 0) is 48.7 Å². The van der Waals surface area contributed by atoms with Crippen LogP contribution in [0.4, 0.5) is 0 Å². The monoisotopic (exact) mass is 361 g/mol. The van der Waals surface area contributed by atoms with Gasteiger partial charge in [0.1, 0.15) is 12.4 Å². The summed E-state index contributed by atoms with van der Waals surface area (Å²) >= 11 is 0.